The summed E-state index contributed by atoms with van der Waals surface area (Å²) in [4.78, 5) is 0. The molecule has 1 atom stereocenters. The summed E-state index contributed by atoms with van der Waals surface area (Å²) in [6, 6.07) is 0. The van der Waals surface area contributed by atoms with Gasteiger partial charge in [-0.2, -0.15) is 0 Å². The van der Waals surface area contributed by atoms with Gasteiger partial charge in [-0.25, -0.2) is 0 Å². The Labute approximate surface area is 86.8 Å². The van der Waals surface area contributed by atoms with Gasteiger partial charge in [0, 0.05) is 6.54 Å². The van der Waals surface area contributed by atoms with E-state index in [9.17, 15) is 5.11 Å². The predicted octanol–water partition coefficient (Wildman–Crippen LogP) is 1.31. The van der Waals surface area contributed by atoms with Crippen molar-refractivity contribution in [3.05, 3.63) is 0 Å². The van der Waals surface area contributed by atoms with Crippen LogP contribution in [0.3, 0.4) is 0 Å². The van der Waals surface area contributed by atoms with Gasteiger partial charge in [0.25, 0.3) is 0 Å². The number of ether oxygens (including phenoxy) is 1. The number of rotatable bonds is 5. The van der Waals surface area contributed by atoms with Gasteiger partial charge in [0.05, 0.1) is 18.3 Å². The fourth-order valence-electron chi connectivity index (χ4n) is 1.69. The lowest BCUT2D eigenvalue weighted by atomic mass is 9.99. The normalized spacial score (nSPS) is 23.8. The van der Waals surface area contributed by atoms with Crippen LogP contribution in [0.2, 0.25) is 0 Å². The summed E-state index contributed by atoms with van der Waals surface area (Å²) >= 11 is 0. The van der Waals surface area contributed by atoms with Crippen LogP contribution in [0, 0.1) is 0 Å². The molecule has 0 spiro atoms. The first-order valence-electron chi connectivity index (χ1n) is 5.75. The van der Waals surface area contributed by atoms with E-state index in [4.69, 9.17) is 4.74 Å². The Balaban J connectivity index is 2.23. The lowest BCUT2D eigenvalue weighted by Gasteiger charge is -2.29. The van der Waals surface area contributed by atoms with Crippen LogP contribution < -0.4 is 5.32 Å². The molecule has 1 saturated heterocycles. The fourth-order valence-corrected chi connectivity index (χ4v) is 1.69. The first-order chi connectivity index (χ1) is 6.70. The van der Waals surface area contributed by atoms with Crippen molar-refractivity contribution in [2.45, 2.75) is 51.2 Å². The Hall–Kier alpha value is -0.120. The molecule has 0 saturated carbocycles. The summed E-state index contributed by atoms with van der Waals surface area (Å²) in [6.07, 6.45) is 4.14. The van der Waals surface area contributed by atoms with Gasteiger partial charge in [0.1, 0.15) is 0 Å². The van der Waals surface area contributed by atoms with Crippen molar-refractivity contribution in [1.82, 2.24) is 5.32 Å². The Morgan fingerprint density at radius 3 is 2.64 bits per heavy atom. The van der Waals surface area contributed by atoms with Crippen molar-refractivity contribution >= 4 is 0 Å². The summed E-state index contributed by atoms with van der Waals surface area (Å²) in [5.41, 5.74) is -0.614. The molecular formula is C11H23NO2. The van der Waals surface area contributed by atoms with Gasteiger partial charge in [-0.3, -0.25) is 0 Å². The third-order valence-corrected chi connectivity index (χ3v) is 3.16. The topological polar surface area (TPSA) is 41.5 Å². The molecule has 0 aliphatic carbocycles. The van der Waals surface area contributed by atoms with Crippen LogP contribution >= 0.6 is 0 Å². The molecule has 0 radical (unpaired) electrons. The minimum atomic E-state index is -0.614. The molecule has 2 N–H and O–H groups in total. The summed E-state index contributed by atoms with van der Waals surface area (Å²) < 4.78 is 5.72. The molecule has 0 unspecified atom stereocenters. The van der Waals surface area contributed by atoms with E-state index in [2.05, 4.69) is 5.32 Å². The second-order valence-electron chi connectivity index (χ2n) is 4.21. The molecule has 1 rings (SSSR count). The number of hydrogen-bond donors (Lipinski definition) is 2. The van der Waals surface area contributed by atoms with Gasteiger partial charge in [-0.05, 0) is 32.2 Å². The lowest BCUT2D eigenvalue weighted by Crippen LogP contribution is -2.40. The van der Waals surface area contributed by atoms with E-state index in [0.717, 1.165) is 32.4 Å². The number of piperidine rings is 1. The molecule has 3 heteroatoms. The van der Waals surface area contributed by atoms with Crippen LogP contribution in [-0.4, -0.2) is 36.5 Å². The van der Waals surface area contributed by atoms with Crippen LogP contribution in [0.4, 0.5) is 0 Å². The summed E-state index contributed by atoms with van der Waals surface area (Å²) in [6.45, 7) is 6.53. The number of nitrogens with one attached hydrogen (secondary N) is 1. The van der Waals surface area contributed by atoms with Gasteiger partial charge >= 0.3 is 0 Å². The SMILES string of the molecule is CCC(O)(CC)CO[C@H]1CCCNC1. The monoisotopic (exact) mass is 201 g/mol. The van der Waals surface area contributed by atoms with E-state index < -0.39 is 5.60 Å². The zero-order valence-corrected chi connectivity index (χ0v) is 9.38. The smallest absolute Gasteiger partial charge is 0.0875 e. The van der Waals surface area contributed by atoms with Crippen molar-refractivity contribution in [3.63, 3.8) is 0 Å². The van der Waals surface area contributed by atoms with Crippen molar-refractivity contribution in [1.29, 1.82) is 0 Å². The zero-order chi connectivity index (χ0) is 10.4. The Bertz CT molecular complexity index is 151. The van der Waals surface area contributed by atoms with E-state index in [1.54, 1.807) is 0 Å². The lowest BCUT2D eigenvalue weighted by molar-refractivity contribution is -0.0809. The highest BCUT2D eigenvalue weighted by molar-refractivity contribution is 4.76. The predicted molar refractivity (Wildman–Crippen MR) is 57.4 cm³/mol. The molecule has 84 valence electrons. The minimum absolute atomic E-state index is 0.299. The van der Waals surface area contributed by atoms with E-state index >= 15 is 0 Å². The first-order valence-corrected chi connectivity index (χ1v) is 5.75. The van der Waals surface area contributed by atoms with Crippen LogP contribution in [0.25, 0.3) is 0 Å². The number of aliphatic hydroxyl groups is 1. The minimum Gasteiger partial charge on any atom is -0.388 e. The fraction of sp³-hybridized carbons (Fsp3) is 1.00. The molecule has 0 bridgehead atoms. The van der Waals surface area contributed by atoms with Crippen LogP contribution in [0.5, 0.6) is 0 Å². The van der Waals surface area contributed by atoms with Crippen molar-refractivity contribution in [2.24, 2.45) is 0 Å². The molecule has 0 aromatic rings. The summed E-state index contributed by atoms with van der Waals surface area (Å²) in [5, 5.41) is 13.3. The Morgan fingerprint density at radius 2 is 2.14 bits per heavy atom. The van der Waals surface area contributed by atoms with Gasteiger partial charge < -0.3 is 15.2 Å². The quantitative estimate of drug-likeness (QED) is 0.704. The van der Waals surface area contributed by atoms with E-state index in [1.807, 2.05) is 13.8 Å². The van der Waals surface area contributed by atoms with Gasteiger partial charge in [-0.15, -0.1) is 0 Å². The van der Waals surface area contributed by atoms with E-state index in [0.29, 0.717) is 12.7 Å². The first kappa shape index (κ1) is 12.0. The zero-order valence-electron chi connectivity index (χ0n) is 9.38. The van der Waals surface area contributed by atoms with Gasteiger partial charge in [-0.1, -0.05) is 13.8 Å². The maximum atomic E-state index is 10.0. The molecule has 0 aromatic carbocycles. The highest BCUT2D eigenvalue weighted by Gasteiger charge is 2.24. The van der Waals surface area contributed by atoms with Gasteiger partial charge in [0.2, 0.25) is 0 Å². The van der Waals surface area contributed by atoms with Crippen LogP contribution in [-0.2, 0) is 4.74 Å². The maximum Gasteiger partial charge on any atom is 0.0875 e. The highest BCUT2D eigenvalue weighted by Crippen LogP contribution is 2.17. The molecule has 14 heavy (non-hydrogen) atoms. The standard InChI is InChI=1S/C11H23NO2/c1-3-11(13,4-2)9-14-10-6-5-7-12-8-10/h10,12-13H,3-9H2,1-2H3/t10-/m0/s1. The van der Waals surface area contributed by atoms with Crippen molar-refractivity contribution in [2.75, 3.05) is 19.7 Å². The number of hydrogen-bond acceptors (Lipinski definition) is 3. The molecule has 1 aliphatic heterocycles. The van der Waals surface area contributed by atoms with Crippen molar-refractivity contribution in [3.8, 4) is 0 Å². The third kappa shape index (κ3) is 3.56. The average molecular weight is 201 g/mol. The van der Waals surface area contributed by atoms with E-state index in [1.165, 1.54) is 6.42 Å². The molecule has 3 nitrogen and oxygen atoms in total. The van der Waals surface area contributed by atoms with Gasteiger partial charge in [0.15, 0.2) is 0 Å². The molecule has 1 heterocycles. The second kappa shape index (κ2) is 5.69. The second-order valence-corrected chi connectivity index (χ2v) is 4.21. The summed E-state index contributed by atoms with van der Waals surface area (Å²) in [7, 11) is 0. The summed E-state index contributed by atoms with van der Waals surface area (Å²) in [5.74, 6) is 0. The van der Waals surface area contributed by atoms with Crippen LogP contribution in [0.1, 0.15) is 39.5 Å². The molecular weight excluding hydrogens is 178 g/mol. The highest BCUT2D eigenvalue weighted by atomic mass is 16.5. The average Bonchev–Trinajstić information content (AvgIpc) is 2.27. The van der Waals surface area contributed by atoms with Crippen LogP contribution in [0.15, 0.2) is 0 Å². The van der Waals surface area contributed by atoms with E-state index in [-0.39, 0.29) is 0 Å². The van der Waals surface area contributed by atoms with Crippen molar-refractivity contribution < 1.29 is 9.84 Å². The largest absolute Gasteiger partial charge is 0.388 e. The maximum absolute atomic E-state index is 10.0. The molecule has 0 aromatic heterocycles. The third-order valence-electron chi connectivity index (χ3n) is 3.16. The molecule has 1 fully saturated rings. The molecule has 0 amide bonds. The Morgan fingerprint density at radius 1 is 1.43 bits per heavy atom. The Kier molecular flexibility index (Phi) is 4.85. The molecule has 1 aliphatic rings.